The number of nitrogens with zero attached hydrogens (tertiary/aromatic N) is 2. The predicted molar refractivity (Wildman–Crippen MR) is 129 cm³/mol. The lowest BCUT2D eigenvalue weighted by atomic mass is 9.63. The average molecular weight is 512 g/mol. The number of carbonyl (C=O) groups is 1. The summed E-state index contributed by atoms with van der Waals surface area (Å²) in [5.41, 5.74) is -2.56. The maximum atomic E-state index is 13.6. The Hall–Kier alpha value is -2.35. The van der Waals surface area contributed by atoms with E-state index >= 15 is 0 Å². The molecule has 2 aromatic heterocycles. The van der Waals surface area contributed by atoms with Crippen LogP contribution in [0, 0.1) is 17.8 Å². The largest absolute Gasteiger partial charge is 0.478 e. The predicted octanol–water partition coefficient (Wildman–Crippen LogP) is 6.80. The minimum absolute atomic E-state index is 0.0867. The van der Waals surface area contributed by atoms with Crippen molar-refractivity contribution in [1.82, 2.24) is 15.3 Å². The maximum Gasteiger partial charge on any atom is 0.433 e. The van der Waals surface area contributed by atoms with Crippen molar-refractivity contribution in [2.24, 2.45) is 17.8 Å². The molecule has 2 unspecified atom stereocenters. The first-order valence-corrected chi connectivity index (χ1v) is 12.3. The Morgan fingerprint density at radius 1 is 1.20 bits per heavy atom. The second kappa shape index (κ2) is 10.3. The van der Waals surface area contributed by atoms with E-state index < -0.39 is 28.9 Å². The number of amides is 1. The molecule has 3 rings (SSSR count). The molecule has 0 aliphatic heterocycles. The monoisotopic (exact) mass is 511 g/mol. The van der Waals surface area contributed by atoms with Crippen molar-refractivity contribution < 1.29 is 22.7 Å². The van der Waals surface area contributed by atoms with E-state index in [0.29, 0.717) is 16.9 Å². The Morgan fingerprint density at radius 2 is 1.89 bits per heavy atom. The molecule has 0 radical (unpaired) electrons. The molecule has 0 aromatic carbocycles. The van der Waals surface area contributed by atoms with Gasteiger partial charge in [-0.05, 0) is 62.6 Å². The fourth-order valence-corrected chi connectivity index (χ4v) is 4.86. The quantitative estimate of drug-likeness (QED) is 0.402. The summed E-state index contributed by atoms with van der Waals surface area (Å²) in [5.74, 6) is 0.412. The van der Waals surface area contributed by atoms with Gasteiger partial charge < -0.3 is 10.1 Å². The molecule has 1 aliphatic carbocycles. The van der Waals surface area contributed by atoms with Gasteiger partial charge in [-0.2, -0.15) is 13.2 Å². The number of alkyl halides is 3. The summed E-state index contributed by atoms with van der Waals surface area (Å²) < 4.78 is 45.1. The van der Waals surface area contributed by atoms with Crippen LogP contribution in [0.2, 0.25) is 5.02 Å². The minimum atomic E-state index is -4.61. The highest BCUT2D eigenvalue weighted by Crippen LogP contribution is 2.46. The summed E-state index contributed by atoms with van der Waals surface area (Å²) in [6.07, 6.45) is 3.85. The molecule has 1 N–H and O–H groups in total. The van der Waals surface area contributed by atoms with Crippen LogP contribution >= 0.6 is 11.6 Å². The zero-order valence-corrected chi connectivity index (χ0v) is 21.5. The van der Waals surface area contributed by atoms with Crippen LogP contribution in [0.4, 0.5) is 13.2 Å². The van der Waals surface area contributed by atoms with Crippen LogP contribution in [0.1, 0.15) is 71.6 Å². The Morgan fingerprint density at radius 3 is 2.43 bits per heavy atom. The first-order valence-electron chi connectivity index (χ1n) is 11.9. The van der Waals surface area contributed by atoms with Crippen molar-refractivity contribution in [2.45, 2.75) is 77.6 Å². The molecule has 5 nitrogen and oxygen atoms in total. The number of carbonyl (C=O) groups excluding carboxylic acids is 1. The summed E-state index contributed by atoms with van der Waals surface area (Å²) in [7, 11) is 0. The van der Waals surface area contributed by atoms with E-state index in [1.807, 2.05) is 13.0 Å². The molecule has 0 spiro atoms. The number of hydrogen-bond donors (Lipinski definition) is 1. The van der Waals surface area contributed by atoms with Gasteiger partial charge in [0.05, 0.1) is 10.6 Å². The molecule has 1 saturated carbocycles. The number of hydrogen-bond acceptors (Lipinski definition) is 4. The third kappa shape index (κ3) is 6.46. The number of rotatable bonds is 9. The molecular weight excluding hydrogens is 479 g/mol. The number of pyridine rings is 2. The van der Waals surface area contributed by atoms with Crippen LogP contribution in [0.15, 0.2) is 36.8 Å². The molecule has 1 fully saturated rings. The molecule has 2 aromatic rings. The van der Waals surface area contributed by atoms with Crippen LogP contribution in [0.3, 0.4) is 0 Å². The summed E-state index contributed by atoms with van der Waals surface area (Å²) in [4.78, 5) is 21.2. The number of halogens is 4. The normalized spacial score (nSPS) is 17.4. The Kier molecular flexibility index (Phi) is 8.04. The summed E-state index contributed by atoms with van der Waals surface area (Å²) in [5, 5.41) is 3.66. The Labute approximate surface area is 209 Å². The van der Waals surface area contributed by atoms with E-state index in [9.17, 15) is 18.0 Å². The zero-order valence-electron chi connectivity index (χ0n) is 20.7. The van der Waals surface area contributed by atoms with Crippen LogP contribution in [0.25, 0.3) is 0 Å². The van der Waals surface area contributed by atoms with Gasteiger partial charge in [-0.25, -0.2) is 0 Å². The van der Waals surface area contributed by atoms with Crippen LogP contribution in [-0.4, -0.2) is 21.5 Å². The summed E-state index contributed by atoms with van der Waals surface area (Å²) in [6.45, 7) is 9.35. The molecule has 192 valence electrons. The van der Waals surface area contributed by atoms with Crippen molar-refractivity contribution in [3.63, 3.8) is 0 Å². The smallest absolute Gasteiger partial charge is 0.433 e. The fraction of sp³-hybridized carbons (Fsp3) is 0.577. The van der Waals surface area contributed by atoms with Gasteiger partial charge in [0.25, 0.3) is 5.91 Å². The van der Waals surface area contributed by atoms with Crippen molar-refractivity contribution in [1.29, 1.82) is 0 Å². The van der Waals surface area contributed by atoms with Gasteiger partial charge in [0.2, 0.25) is 0 Å². The molecule has 2 atom stereocenters. The van der Waals surface area contributed by atoms with E-state index in [0.717, 1.165) is 43.5 Å². The van der Waals surface area contributed by atoms with E-state index in [-0.39, 0.29) is 11.7 Å². The van der Waals surface area contributed by atoms with Gasteiger partial charge in [-0.1, -0.05) is 44.7 Å². The highest BCUT2D eigenvalue weighted by atomic mass is 35.5. The molecule has 2 heterocycles. The zero-order chi connectivity index (χ0) is 26.0. The third-order valence-electron chi connectivity index (χ3n) is 6.81. The summed E-state index contributed by atoms with van der Waals surface area (Å²) >= 11 is 6.28. The van der Waals surface area contributed by atoms with Gasteiger partial charge in [0.15, 0.2) is 5.60 Å². The summed E-state index contributed by atoms with van der Waals surface area (Å²) in [6, 6.07) is 3.92. The minimum Gasteiger partial charge on any atom is -0.478 e. The Balaban J connectivity index is 1.93. The topological polar surface area (TPSA) is 64.1 Å². The molecule has 0 saturated heterocycles. The van der Waals surface area contributed by atoms with Gasteiger partial charge in [0, 0.05) is 24.7 Å². The first-order chi connectivity index (χ1) is 16.2. The molecule has 1 aliphatic rings. The third-order valence-corrected chi connectivity index (χ3v) is 7.01. The van der Waals surface area contributed by atoms with Crippen molar-refractivity contribution in [3.8, 4) is 5.75 Å². The van der Waals surface area contributed by atoms with Crippen LogP contribution in [-0.2, 0) is 16.5 Å². The van der Waals surface area contributed by atoms with Crippen LogP contribution < -0.4 is 10.1 Å². The second-order valence-corrected chi connectivity index (χ2v) is 10.9. The van der Waals surface area contributed by atoms with Gasteiger partial charge >= 0.3 is 6.18 Å². The Bertz CT molecular complexity index is 1040. The molecule has 0 bridgehead atoms. The number of aromatic nitrogens is 2. The fourth-order valence-electron chi connectivity index (χ4n) is 4.68. The van der Waals surface area contributed by atoms with E-state index in [4.69, 9.17) is 16.3 Å². The van der Waals surface area contributed by atoms with Crippen molar-refractivity contribution >= 4 is 17.5 Å². The molecule has 1 amide bonds. The van der Waals surface area contributed by atoms with Crippen LogP contribution in [0.5, 0.6) is 5.75 Å². The molecular formula is C26H33ClF3N3O2. The van der Waals surface area contributed by atoms with Gasteiger partial charge in [-0.15, -0.1) is 0 Å². The van der Waals surface area contributed by atoms with Gasteiger partial charge in [0.1, 0.15) is 11.4 Å². The maximum absolute atomic E-state index is 13.6. The van der Waals surface area contributed by atoms with E-state index in [2.05, 4.69) is 29.1 Å². The molecule has 9 heteroatoms. The first kappa shape index (κ1) is 27.2. The van der Waals surface area contributed by atoms with E-state index in [1.54, 1.807) is 12.4 Å². The number of ether oxygens (including phenoxy) is 1. The van der Waals surface area contributed by atoms with Crippen molar-refractivity contribution in [3.05, 3.63) is 53.1 Å². The molecule has 35 heavy (non-hydrogen) atoms. The SMILES string of the molecule is CC(C)CC(C1CCC1)C(C)(NC(=O)C(C)(C)Oc1ccnc(C(F)(F)F)c1)c1cncc(Cl)c1. The number of nitrogens with one attached hydrogen (secondary N) is 1. The average Bonchev–Trinajstić information content (AvgIpc) is 2.71. The van der Waals surface area contributed by atoms with E-state index in [1.165, 1.54) is 19.9 Å². The van der Waals surface area contributed by atoms with Crippen molar-refractivity contribution in [2.75, 3.05) is 0 Å². The highest BCUT2D eigenvalue weighted by Gasteiger charge is 2.46. The lowest BCUT2D eigenvalue weighted by Gasteiger charge is -2.47. The lowest BCUT2D eigenvalue weighted by Crippen LogP contribution is -2.58. The second-order valence-electron chi connectivity index (χ2n) is 10.5. The highest BCUT2D eigenvalue weighted by molar-refractivity contribution is 6.30. The standard InChI is InChI=1S/C26H33ClF3N3O2/c1-16(2)11-21(17-7-6-8-17)25(5,18-12-19(27)15-31-14-18)33-23(34)24(3,4)35-20-9-10-32-22(13-20)26(28,29)30/h9-10,12-17,21H,6-8,11H2,1-5H3,(H,33,34). The lowest BCUT2D eigenvalue weighted by molar-refractivity contribution is -0.141. The van der Waals surface area contributed by atoms with Gasteiger partial charge in [-0.3, -0.25) is 14.8 Å².